The van der Waals surface area contributed by atoms with Gasteiger partial charge in [-0.1, -0.05) is 12.1 Å². The van der Waals surface area contributed by atoms with Gasteiger partial charge < -0.3 is 11.1 Å². The summed E-state index contributed by atoms with van der Waals surface area (Å²) in [4.78, 5) is 0. The van der Waals surface area contributed by atoms with E-state index in [2.05, 4.69) is 5.32 Å². The van der Waals surface area contributed by atoms with Crippen LogP contribution in [-0.4, -0.2) is 13.1 Å². The van der Waals surface area contributed by atoms with Crippen LogP contribution in [0.5, 0.6) is 0 Å². The predicted octanol–water partition coefficient (Wildman–Crippen LogP) is 0.891. The van der Waals surface area contributed by atoms with Crippen molar-refractivity contribution in [3.63, 3.8) is 0 Å². The third-order valence-electron chi connectivity index (χ3n) is 2.68. The Morgan fingerprint density at radius 1 is 1.46 bits per heavy atom. The summed E-state index contributed by atoms with van der Waals surface area (Å²) < 4.78 is 13.2. The Morgan fingerprint density at radius 3 is 2.69 bits per heavy atom. The van der Waals surface area contributed by atoms with Gasteiger partial charge >= 0.3 is 0 Å². The first-order chi connectivity index (χ1) is 6.13. The fourth-order valence-corrected chi connectivity index (χ4v) is 1.73. The van der Waals surface area contributed by atoms with E-state index in [1.54, 1.807) is 13.0 Å². The lowest BCUT2D eigenvalue weighted by Crippen LogP contribution is -2.63. The first kappa shape index (κ1) is 8.66. The van der Waals surface area contributed by atoms with Gasteiger partial charge in [0.15, 0.2) is 0 Å². The molecule has 1 aliphatic heterocycles. The van der Waals surface area contributed by atoms with E-state index in [-0.39, 0.29) is 11.4 Å². The molecule has 70 valence electrons. The average molecular weight is 180 g/mol. The van der Waals surface area contributed by atoms with Crippen molar-refractivity contribution in [2.45, 2.75) is 12.5 Å². The van der Waals surface area contributed by atoms with Gasteiger partial charge in [0, 0.05) is 13.1 Å². The molecule has 1 aromatic rings. The second-order valence-electron chi connectivity index (χ2n) is 3.67. The summed E-state index contributed by atoms with van der Waals surface area (Å²) >= 11 is 0. The van der Waals surface area contributed by atoms with Crippen molar-refractivity contribution < 1.29 is 4.39 Å². The molecular weight excluding hydrogens is 167 g/mol. The molecule has 1 heterocycles. The number of hydrogen-bond acceptors (Lipinski definition) is 2. The molecule has 13 heavy (non-hydrogen) atoms. The van der Waals surface area contributed by atoms with Gasteiger partial charge in [0.2, 0.25) is 0 Å². The van der Waals surface area contributed by atoms with Crippen LogP contribution < -0.4 is 11.1 Å². The molecule has 2 rings (SSSR count). The summed E-state index contributed by atoms with van der Waals surface area (Å²) in [5, 5.41) is 3.10. The zero-order valence-corrected chi connectivity index (χ0v) is 7.60. The van der Waals surface area contributed by atoms with E-state index in [9.17, 15) is 4.39 Å². The van der Waals surface area contributed by atoms with Gasteiger partial charge in [0.05, 0.1) is 5.54 Å². The van der Waals surface area contributed by atoms with Crippen molar-refractivity contribution in [3.8, 4) is 0 Å². The van der Waals surface area contributed by atoms with Crippen molar-refractivity contribution in [3.05, 3.63) is 35.1 Å². The topological polar surface area (TPSA) is 38.0 Å². The Labute approximate surface area is 76.9 Å². The summed E-state index contributed by atoms with van der Waals surface area (Å²) in [6, 6.07) is 5.08. The fraction of sp³-hybridized carbons (Fsp3) is 0.400. The molecule has 3 heteroatoms. The lowest BCUT2D eigenvalue weighted by atomic mass is 9.83. The Balaban J connectivity index is 2.45. The fourth-order valence-electron chi connectivity index (χ4n) is 1.73. The number of benzene rings is 1. The average Bonchev–Trinajstić information content (AvgIpc) is 2.06. The van der Waals surface area contributed by atoms with Gasteiger partial charge in [0.1, 0.15) is 5.82 Å². The minimum atomic E-state index is -0.355. The van der Waals surface area contributed by atoms with Crippen LogP contribution >= 0.6 is 0 Å². The van der Waals surface area contributed by atoms with E-state index in [1.807, 2.05) is 6.07 Å². The molecule has 1 saturated heterocycles. The van der Waals surface area contributed by atoms with E-state index >= 15 is 0 Å². The summed E-state index contributed by atoms with van der Waals surface area (Å²) in [7, 11) is 0. The van der Waals surface area contributed by atoms with Gasteiger partial charge in [-0.2, -0.15) is 0 Å². The van der Waals surface area contributed by atoms with Gasteiger partial charge in [0.25, 0.3) is 0 Å². The van der Waals surface area contributed by atoms with Crippen molar-refractivity contribution in [2.75, 3.05) is 13.1 Å². The SMILES string of the molecule is Cc1c(F)cccc1C1(N)CNC1. The maximum atomic E-state index is 13.2. The summed E-state index contributed by atoms with van der Waals surface area (Å²) in [6.07, 6.45) is 0. The monoisotopic (exact) mass is 180 g/mol. The first-order valence-electron chi connectivity index (χ1n) is 4.39. The molecule has 0 unspecified atom stereocenters. The number of nitrogens with one attached hydrogen (secondary N) is 1. The Hall–Kier alpha value is -0.930. The van der Waals surface area contributed by atoms with Crippen LogP contribution in [0.2, 0.25) is 0 Å². The molecule has 1 aliphatic rings. The van der Waals surface area contributed by atoms with Crippen LogP contribution in [0.15, 0.2) is 18.2 Å². The Kier molecular flexibility index (Phi) is 1.86. The third-order valence-corrected chi connectivity index (χ3v) is 2.68. The molecule has 0 amide bonds. The molecule has 2 nitrogen and oxygen atoms in total. The zero-order chi connectivity index (χ0) is 9.47. The summed E-state index contributed by atoms with van der Waals surface area (Å²) in [5.41, 5.74) is 7.30. The number of hydrogen-bond donors (Lipinski definition) is 2. The molecule has 0 bridgehead atoms. The number of nitrogens with two attached hydrogens (primary N) is 1. The van der Waals surface area contributed by atoms with Gasteiger partial charge in [-0.05, 0) is 24.1 Å². The van der Waals surface area contributed by atoms with E-state index in [1.165, 1.54) is 6.07 Å². The van der Waals surface area contributed by atoms with E-state index in [4.69, 9.17) is 5.73 Å². The maximum absolute atomic E-state index is 13.2. The van der Waals surface area contributed by atoms with Crippen LogP contribution in [0, 0.1) is 12.7 Å². The third kappa shape index (κ3) is 1.24. The molecule has 3 N–H and O–H groups in total. The Morgan fingerprint density at radius 2 is 2.15 bits per heavy atom. The number of halogens is 1. The van der Waals surface area contributed by atoms with E-state index < -0.39 is 0 Å². The molecule has 0 radical (unpaired) electrons. The van der Waals surface area contributed by atoms with Crippen LogP contribution in [-0.2, 0) is 5.54 Å². The summed E-state index contributed by atoms with van der Waals surface area (Å²) in [5.74, 6) is -0.172. The van der Waals surface area contributed by atoms with Crippen molar-refractivity contribution in [1.82, 2.24) is 5.32 Å². The van der Waals surface area contributed by atoms with Crippen LogP contribution in [0.1, 0.15) is 11.1 Å². The van der Waals surface area contributed by atoms with Crippen molar-refractivity contribution in [1.29, 1.82) is 0 Å². The number of rotatable bonds is 1. The maximum Gasteiger partial charge on any atom is 0.126 e. The normalized spacial score (nSPS) is 19.6. The van der Waals surface area contributed by atoms with Gasteiger partial charge in [-0.15, -0.1) is 0 Å². The highest BCUT2D eigenvalue weighted by Gasteiger charge is 2.35. The molecule has 0 saturated carbocycles. The molecule has 0 aliphatic carbocycles. The highest BCUT2D eigenvalue weighted by molar-refractivity contribution is 5.36. The first-order valence-corrected chi connectivity index (χ1v) is 4.39. The largest absolute Gasteiger partial charge is 0.319 e. The Bertz CT molecular complexity index is 332. The highest BCUT2D eigenvalue weighted by atomic mass is 19.1. The van der Waals surface area contributed by atoms with Gasteiger partial charge in [-0.3, -0.25) is 0 Å². The van der Waals surface area contributed by atoms with Crippen molar-refractivity contribution in [2.24, 2.45) is 5.73 Å². The minimum Gasteiger partial charge on any atom is -0.319 e. The second kappa shape index (κ2) is 2.79. The molecule has 0 aromatic heterocycles. The standard InChI is InChI=1S/C10H13FN2/c1-7-8(3-2-4-9(7)11)10(12)5-13-6-10/h2-4,13H,5-6,12H2,1H3. The molecular formula is C10H13FN2. The molecule has 0 atom stereocenters. The van der Waals surface area contributed by atoms with Crippen LogP contribution in [0.25, 0.3) is 0 Å². The summed E-state index contributed by atoms with van der Waals surface area (Å²) in [6.45, 7) is 3.24. The second-order valence-corrected chi connectivity index (χ2v) is 3.67. The lowest BCUT2D eigenvalue weighted by molar-refractivity contribution is 0.284. The zero-order valence-electron chi connectivity index (χ0n) is 7.60. The van der Waals surface area contributed by atoms with Crippen molar-refractivity contribution >= 4 is 0 Å². The van der Waals surface area contributed by atoms with Gasteiger partial charge in [-0.25, -0.2) is 4.39 Å². The van der Waals surface area contributed by atoms with E-state index in [0.29, 0.717) is 5.56 Å². The molecule has 1 fully saturated rings. The minimum absolute atomic E-state index is 0.172. The molecule has 0 spiro atoms. The van der Waals surface area contributed by atoms with Crippen LogP contribution in [0.4, 0.5) is 4.39 Å². The lowest BCUT2D eigenvalue weighted by Gasteiger charge is -2.40. The quantitative estimate of drug-likeness (QED) is 0.673. The highest BCUT2D eigenvalue weighted by Crippen LogP contribution is 2.26. The molecule has 1 aromatic carbocycles. The van der Waals surface area contributed by atoms with Crippen LogP contribution in [0.3, 0.4) is 0 Å². The van der Waals surface area contributed by atoms with E-state index in [0.717, 1.165) is 18.7 Å². The smallest absolute Gasteiger partial charge is 0.126 e. The predicted molar refractivity (Wildman–Crippen MR) is 49.9 cm³/mol.